The largest absolute Gasteiger partial charge is 0.351 e. The van der Waals surface area contributed by atoms with Crippen molar-refractivity contribution in [1.29, 1.82) is 0 Å². The first kappa shape index (κ1) is 9.59. The second-order valence-corrected chi connectivity index (χ2v) is 2.72. The number of amides is 2. The van der Waals surface area contributed by atoms with Gasteiger partial charge < -0.3 is 10.6 Å². The van der Waals surface area contributed by atoms with E-state index in [1.807, 2.05) is 0 Å². The number of nitrogens with zero attached hydrogens (tertiary/aromatic N) is 1. The molecular formula is C5H8Cl2N2O. The van der Waals surface area contributed by atoms with Gasteiger partial charge in [-0.3, -0.25) is 0 Å². The second kappa shape index (κ2) is 4.41. The molecule has 0 unspecified atom stereocenters. The van der Waals surface area contributed by atoms with Crippen molar-refractivity contribution in [2.24, 2.45) is 5.73 Å². The molecule has 0 aromatic heterocycles. The van der Waals surface area contributed by atoms with Crippen molar-refractivity contribution >= 4 is 29.2 Å². The molecule has 0 aliphatic rings. The quantitative estimate of drug-likeness (QED) is 0.689. The molecule has 5 heteroatoms. The summed E-state index contributed by atoms with van der Waals surface area (Å²) in [6.45, 7) is 0.331. The molecule has 3 nitrogen and oxygen atoms in total. The number of primary amides is 1. The van der Waals surface area contributed by atoms with Crippen LogP contribution in [0, 0.1) is 0 Å². The molecule has 0 radical (unpaired) electrons. The van der Waals surface area contributed by atoms with Crippen LogP contribution in [-0.2, 0) is 0 Å². The number of hydrogen-bond acceptors (Lipinski definition) is 1. The lowest BCUT2D eigenvalue weighted by Gasteiger charge is -2.09. The van der Waals surface area contributed by atoms with Crippen LogP contribution in [0.4, 0.5) is 4.79 Å². The Balaban J connectivity index is 3.70. The Kier molecular flexibility index (Phi) is 4.23. The third kappa shape index (κ3) is 4.47. The van der Waals surface area contributed by atoms with Gasteiger partial charge in [0, 0.05) is 13.6 Å². The molecular weight excluding hydrogens is 175 g/mol. The number of carbonyl (C=O) groups is 1. The highest BCUT2D eigenvalue weighted by atomic mass is 35.5. The van der Waals surface area contributed by atoms with Gasteiger partial charge >= 0.3 is 6.03 Å². The summed E-state index contributed by atoms with van der Waals surface area (Å²) in [6.07, 6.45) is 1.48. The molecule has 0 saturated carbocycles. The predicted molar refractivity (Wildman–Crippen MR) is 42.0 cm³/mol. The zero-order valence-corrected chi connectivity index (χ0v) is 6.99. The highest BCUT2D eigenvalue weighted by Crippen LogP contribution is 2.05. The average Bonchev–Trinajstić information content (AvgIpc) is 1.82. The maximum Gasteiger partial charge on any atom is 0.314 e. The zero-order valence-electron chi connectivity index (χ0n) is 5.47. The van der Waals surface area contributed by atoms with Gasteiger partial charge in [-0.15, -0.1) is 0 Å². The van der Waals surface area contributed by atoms with E-state index >= 15 is 0 Å². The van der Waals surface area contributed by atoms with Crippen LogP contribution in [0.1, 0.15) is 0 Å². The van der Waals surface area contributed by atoms with Gasteiger partial charge in [0.2, 0.25) is 0 Å². The number of urea groups is 1. The maximum absolute atomic E-state index is 10.3. The molecule has 0 heterocycles. The van der Waals surface area contributed by atoms with E-state index in [9.17, 15) is 4.79 Å². The van der Waals surface area contributed by atoms with Gasteiger partial charge in [0.1, 0.15) is 4.49 Å². The Hall–Kier alpha value is -0.410. The van der Waals surface area contributed by atoms with Crippen LogP contribution in [0.25, 0.3) is 0 Å². The van der Waals surface area contributed by atoms with Gasteiger partial charge in [0.25, 0.3) is 0 Å². The Morgan fingerprint density at radius 1 is 1.70 bits per heavy atom. The van der Waals surface area contributed by atoms with Gasteiger partial charge in [-0.25, -0.2) is 4.79 Å². The van der Waals surface area contributed by atoms with E-state index in [1.165, 1.54) is 11.0 Å². The number of rotatable bonds is 2. The van der Waals surface area contributed by atoms with Crippen molar-refractivity contribution in [3.05, 3.63) is 10.6 Å². The van der Waals surface area contributed by atoms with Crippen LogP contribution >= 0.6 is 23.2 Å². The van der Waals surface area contributed by atoms with Crippen molar-refractivity contribution in [2.75, 3.05) is 13.6 Å². The molecule has 0 fully saturated rings. The third-order valence-corrected chi connectivity index (χ3v) is 1.20. The Labute approximate surface area is 69.4 Å². The predicted octanol–water partition coefficient (Wildman–Crippen LogP) is 1.32. The lowest BCUT2D eigenvalue weighted by molar-refractivity contribution is 0.223. The van der Waals surface area contributed by atoms with E-state index in [4.69, 9.17) is 28.9 Å². The molecule has 0 aromatic carbocycles. The normalized spacial score (nSPS) is 8.70. The van der Waals surface area contributed by atoms with Crippen LogP contribution in [0.2, 0.25) is 0 Å². The van der Waals surface area contributed by atoms with E-state index < -0.39 is 6.03 Å². The molecule has 0 aliphatic heterocycles. The number of nitrogens with two attached hydrogens (primary N) is 1. The van der Waals surface area contributed by atoms with Gasteiger partial charge in [0.15, 0.2) is 0 Å². The van der Waals surface area contributed by atoms with E-state index in [2.05, 4.69) is 0 Å². The molecule has 0 saturated heterocycles. The summed E-state index contributed by atoms with van der Waals surface area (Å²) < 4.78 is 0.133. The number of carbonyl (C=O) groups excluding carboxylic acids is 1. The molecule has 2 N–H and O–H groups in total. The van der Waals surface area contributed by atoms with Crippen LogP contribution in [0.3, 0.4) is 0 Å². The van der Waals surface area contributed by atoms with Crippen LogP contribution in [0.5, 0.6) is 0 Å². The second-order valence-electron chi connectivity index (χ2n) is 1.71. The van der Waals surface area contributed by atoms with Crippen LogP contribution in [0.15, 0.2) is 10.6 Å². The standard InChI is InChI=1S/C5H8Cl2N2O/c1-9(5(8)10)3-2-4(6)7/h2H,3H2,1H3,(H2,8,10). The maximum atomic E-state index is 10.3. The van der Waals surface area contributed by atoms with Crippen LogP contribution in [-0.4, -0.2) is 24.5 Å². The SMILES string of the molecule is CN(CC=C(Cl)Cl)C(N)=O. The minimum Gasteiger partial charge on any atom is -0.351 e. The summed E-state index contributed by atoms with van der Waals surface area (Å²) in [6, 6.07) is -0.508. The van der Waals surface area contributed by atoms with Crippen molar-refractivity contribution < 1.29 is 4.79 Å². The van der Waals surface area contributed by atoms with E-state index in [0.29, 0.717) is 6.54 Å². The lowest BCUT2D eigenvalue weighted by Crippen LogP contribution is -2.31. The van der Waals surface area contributed by atoms with E-state index in [-0.39, 0.29) is 4.49 Å². The zero-order chi connectivity index (χ0) is 8.15. The van der Waals surface area contributed by atoms with Gasteiger partial charge in [-0.2, -0.15) is 0 Å². The number of hydrogen-bond donors (Lipinski definition) is 1. The molecule has 0 aromatic rings. The number of likely N-dealkylation sites (N-methyl/N-ethyl adjacent to an activating group) is 1. The Morgan fingerprint density at radius 3 is 2.50 bits per heavy atom. The topological polar surface area (TPSA) is 46.3 Å². The fraction of sp³-hybridized carbons (Fsp3) is 0.400. The minimum absolute atomic E-state index is 0.133. The van der Waals surface area contributed by atoms with Crippen molar-refractivity contribution in [3.63, 3.8) is 0 Å². The fourth-order valence-corrected chi connectivity index (χ4v) is 0.434. The molecule has 2 amide bonds. The fourth-order valence-electron chi connectivity index (χ4n) is 0.296. The first-order valence-corrected chi connectivity index (χ1v) is 3.31. The third-order valence-electron chi connectivity index (χ3n) is 0.896. The van der Waals surface area contributed by atoms with Crippen molar-refractivity contribution in [1.82, 2.24) is 4.90 Å². The molecule has 0 aliphatic carbocycles. The molecule has 0 atom stereocenters. The lowest BCUT2D eigenvalue weighted by atomic mass is 10.6. The summed E-state index contributed by atoms with van der Waals surface area (Å²) in [7, 11) is 1.55. The Bertz CT molecular complexity index is 154. The summed E-state index contributed by atoms with van der Waals surface area (Å²) >= 11 is 10.5. The van der Waals surface area contributed by atoms with Crippen LogP contribution < -0.4 is 5.73 Å². The summed E-state index contributed by atoms with van der Waals surface area (Å²) in [4.78, 5) is 11.6. The van der Waals surface area contributed by atoms with E-state index in [1.54, 1.807) is 7.05 Å². The average molecular weight is 183 g/mol. The number of halogens is 2. The molecule has 0 rings (SSSR count). The summed E-state index contributed by atoms with van der Waals surface area (Å²) in [5.74, 6) is 0. The first-order valence-electron chi connectivity index (χ1n) is 2.55. The summed E-state index contributed by atoms with van der Waals surface area (Å²) in [5, 5.41) is 0. The molecule has 0 spiro atoms. The Morgan fingerprint density at radius 2 is 2.20 bits per heavy atom. The molecule has 10 heavy (non-hydrogen) atoms. The summed E-state index contributed by atoms with van der Waals surface area (Å²) in [5.41, 5.74) is 4.89. The molecule has 58 valence electrons. The highest BCUT2D eigenvalue weighted by Gasteiger charge is 1.98. The monoisotopic (exact) mass is 182 g/mol. The van der Waals surface area contributed by atoms with Gasteiger partial charge in [-0.05, 0) is 6.08 Å². The smallest absolute Gasteiger partial charge is 0.314 e. The van der Waals surface area contributed by atoms with Gasteiger partial charge in [-0.1, -0.05) is 23.2 Å². The minimum atomic E-state index is -0.508. The van der Waals surface area contributed by atoms with Crippen molar-refractivity contribution in [3.8, 4) is 0 Å². The molecule has 0 bridgehead atoms. The van der Waals surface area contributed by atoms with E-state index in [0.717, 1.165) is 0 Å². The first-order chi connectivity index (χ1) is 4.54. The highest BCUT2D eigenvalue weighted by molar-refractivity contribution is 6.55. The van der Waals surface area contributed by atoms with Gasteiger partial charge in [0.05, 0.1) is 0 Å². The van der Waals surface area contributed by atoms with Crippen molar-refractivity contribution in [2.45, 2.75) is 0 Å².